The Morgan fingerprint density at radius 3 is 2.30 bits per heavy atom. The lowest BCUT2D eigenvalue weighted by molar-refractivity contribution is -0.384. The third-order valence-electron chi connectivity index (χ3n) is 2.58. The molecule has 0 fully saturated rings. The van der Waals surface area contributed by atoms with E-state index in [1.54, 1.807) is 13.8 Å². The van der Waals surface area contributed by atoms with E-state index in [0.29, 0.717) is 12.0 Å². The van der Waals surface area contributed by atoms with Crippen molar-refractivity contribution in [1.29, 1.82) is 0 Å². The van der Waals surface area contributed by atoms with E-state index in [9.17, 15) is 23.6 Å². The predicted molar refractivity (Wildman–Crippen MR) is 74.6 cm³/mol. The fourth-order valence-electron chi connectivity index (χ4n) is 1.84. The lowest BCUT2D eigenvalue weighted by Gasteiger charge is -2.15. The Kier molecular flexibility index (Phi) is 5.61. The number of hydrogen-bond acceptors (Lipinski definition) is 5. The maximum atomic E-state index is 11.9. The van der Waals surface area contributed by atoms with Crippen molar-refractivity contribution in [3.63, 3.8) is 0 Å². The molecule has 1 aromatic carbocycles. The Bertz CT molecular complexity index is 554. The van der Waals surface area contributed by atoms with Crippen molar-refractivity contribution < 1.29 is 18.4 Å². The molecule has 0 spiro atoms. The summed E-state index contributed by atoms with van der Waals surface area (Å²) in [4.78, 5) is 9.96. The SMILES string of the molecule is CC(O)CC(C)NS(=O)(=O)Cc1ccc([N+](=O)[O-])cc1. The number of rotatable bonds is 7. The van der Waals surface area contributed by atoms with E-state index in [4.69, 9.17) is 0 Å². The number of non-ortho nitro benzene ring substituents is 1. The van der Waals surface area contributed by atoms with Crippen LogP contribution in [0.3, 0.4) is 0 Å². The van der Waals surface area contributed by atoms with Gasteiger partial charge in [-0.15, -0.1) is 0 Å². The van der Waals surface area contributed by atoms with Crippen LogP contribution < -0.4 is 4.72 Å². The first-order chi connectivity index (χ1) is 9.19. The molecule has 0 aliphatic heterocycles. The molecule has 2 atom stereocenters. The smallest absolute Gasteiger partial charge is 0.269 e. The van der Waals surface area contributed by atoms with E-state index < -0.39 is 21.1 Å². The molecule has 8 heteroatoms. The molecule has 0 aliphatic rings. The molecule has 2 N–H and O–H groups in total. The predicted octanol–water partition coefficient (Wildman–Crippen LogP) is 1.17. The molecule has 7 nitrogen and oxygen atoms in total. The van der Waals surface area contributed by atoms with Crippen molar-refractivity contribution in [2.24, 2.45) is 0 Å². The number of sulfonamides is 1. The molecule has 1 aromatic rings. The fraction of sp³-hybridized carbons (Fsp3) is 0.500. The van der Waals surface area contributed by atoms with E-state index in [1.165, 1.54) is 24.3 Å². The molecular weight excluding hydrogens is 284 g/mol. The van der Waals surface area contributed by atoms with Gasteiger partial charge in [-0.3, -0.25) is 10.1 Å². The number of nitro benzene ring substituents is 1. The Morgan fingerprint density at radius 1 is 1.30 bits per heavy atom. The van der Waals surface area contributed by atoms with E-state index in [0.717, 1.165) is 0 Å². The number of aliphatic hydroxyl groups is 1. The summed E-state index contributed by atoms with van der Waals surface area (Å²) in [6, 6.07) is 4.99. The molecule has 1 rings (SSSR count). The summed E-state index contributed by atoms with van der Waals surface area (Å²) >= 11 is 0. The molecule has 0 aromatic heterocycles. The van der Waals surface area contributed by atoms with Crippen LogP contribution in [0.2, 0.25) is 0 Å². The minimum atomic E-state index is -3.54. The number of nitrogens with zero attached hydrogens (tertiary/aromatic N) is 1. The van der Waals surface area contributed by atoms with Gasteiger partial charge in [0.2, 0.25) is 10.0 Å². The molecule has 0 bridgehead atoms. The topological polar surface area (TPSA) is 110 Å². The molecule has 0 saturated carbocycles. The summed E-state index contributed by atoms with van der Waals surface area (Å²) in [5, 5.41) is 19.7. The molecule has 0 aliphatic carbocycles. The summed E-state index contributed by atoms with van der Waals surface area (Å²) in [5.41, 5.74) is 0.383. The minimum absolute atomic E-state index is 0.0819. The summed E-state index contributed by atoms with van der Waals surface area (Å²) < 4.78 is 26.2. The third kappa shape index (κ3) is 5.64. The second kappa shape index (κ2) is 6.78. The van der Waals surface area contributed by atoms with Gasteiger partial charge in [-0.05, 0) is 25.8 Å². The monoisotopic (exact) mass is 302 g/mol. The van der Waals surface area contributed by atoms with Crippen molar-refractivity contribution in [3.8, 4) is 0 Å². The van der Waals surface area contributed by atoms with Crippen molar-refractivity contribution in [1.82, 2.24) is 4.72 Å². The van der Waals surface area contributed by atoms with Gasteiger partial charge in [0.25, 0.3) is 5.69 Å². The van der Waals surface area contributed by atoms with E-state index in [1.807, 2.05) is 0 Å². The van der Waals surface area contributed by atoms with Crippen LogP contribution in [0.25, 0.3) is 0 Å². The maximum absolute atomic E-state index is 11.9. The maximum Gasteiger partial charge on any atom is 0.269 e. The normalized spacial score (nSPS) is 14.8. The molecular formula is C12H18N2O5S. The van der Waals surface area contributed by atoms with Gasteiger partial charge >= 0.3 is 0 Å². The van der Waals surface area contributed by atoms with Crippen LogP contribution in [0, 0.1) is 10.1 Å². The van der Waals surface area contributed by atoms with Gasteiger partial charge in [0.05, 0.1) is 16.8 Å². The van der Waals surface area contributed by atoms with E-state index in [-0.39, 0.29) is 17.5 Å². The van der Waals surface area contributed by atoms with Crippen molar-refractivity contribution >= 4 is 15.7 Å². The highest BCUT2D eigenvalue weighted by Gasteiger charge is 2.17. The molecule has 0 heterocycles. The van der Waals surface area contributed by atoms with Crippen LogP contribution in [0.1, 0.15) is 25.8 Å². The minimum Gasteiger partial charge on any atom is -0.393 e. The lowest BCUT2D eigenvalue weighted by Crippen LogP contribution is -2.35. The molecule has 20 heavy (non-hydrogen) atoms. The summed E-state index contributed by atoms with van der Waals surface area (Å²) in [5.74, 6) is -0.255. The Balaban J connectivity index is 2.68. The molecule has 0 saturated heterocycles. The second-order valence-electron chi connectivity index (χ2n) is 4.79. The van der Waals surface area contributed by atoms with Crippen LogP contribution in [0.5, 0.6) is 0 Å². The molecule has 112 valence electrons. The highest BCUT2D eigenvalue weighted by molar-refractivity contribution is 7.88. The molecule has 2 unspecified atom stereocenters. The first kappa shape index (κ1) is 16.5. The van der Waals surface area contributed by atoms with E-state index >= 15 is 0 Å². The first-order valence-electron chi connectivity index (χ1n) is 6.11. The first-order valence-corrected chi connectivity index (χ1v) is 7.76. The Hall–Kier alpha value is -1.51. The fourth-order valence-corrected chi connectivity index (χ4v) is 3.27. The largest absolute Gasteiger partial charge is 0.393 e. The Morgan fingerprint density at radius 2 is 1.85 bits per heavy atom. The standard InChI is InChI=1S/C12H18N2O5S/c1-9(7-10(2)15)13-20(18,19)8-11-3-5-12(6-4-11)14(16)17/h3-6,9-10,13,15H,7-8H2,1-2H3. The summed E-state index contributed by atoms with van der Waals surface area (Å²) in [7, 11) is -3.54. The zero-order chi connectivity index (χ0) is 15.3. The summed E-state index contributed by atoms with van der Waals surface area (Å²) in [6.07, 6.45) is -0.272. The molecule has 0 radical (unpaired) electrons. The number of aliphatic hydroxyl groups excluding tert-OH is 1. The average molecular weight is 302 g/mol. The van der Waals surface area contributed by atoms with Gasteiger partial charge in [0.15, 0.2) is 0 Å². The average Bonchev–Trinajstić information content (AvgIpc) is 2.26. The van der Waals surface area contributed by atoms with Gasteiger partial charge in [-0.2, -0.15) is 0 Å². The third-order valence-corrected chi connectivity index (χ3v) is 4.05. The second-order valence-corrected chi connectivity index (χ2v) is 6.54. The number of nitrogens with one attached hydrogen (secondary N) is 1. The van der Waals surface area contributed by atoms with Gasteiger partial charge < -0.3 is 5.11 Å². The van der Waals surface area contributed by atoms with Crippen LogP contribution in [-0.2, 0) is 15.8 Å². The summed E-state index contributed by atoms with van der Waals surface area (Å²) in [6.45, 7) is 3.25. The highest BCUT2D eigenvalue weighted by Crippen LogP contribution is 2.14. The number of hydrogen-bond donors (Lipinski definition) is 2. The van der Waals surface area contributed by atoms with Crippen LogP contribution in [-0.4, -0.2) is 30.6 Å². The highest BCUT2D eigenvalue weighted by atomic mass is 32.2. The van der Waals surface area contributed by atoms with Gasteiger partial charge in [0.1, 0.15) is 0 Å². The quantitative estimate of drug-likeness (QED) is 0.580. The van der Waals surface area contributed by atoms with Crippen LogP contribution >= 0.6 is 0 Å². The zero-order valence-electron chi connectivity index (χ0n) is 11.3. The van der Waals surface area contributed by atoms with Crippen molar-refractivity contribution in [2.75, 3.05) is 0 Å². The number of nitro groups is 1. The van der Waals surface area contributed by atoms with Crippen LogP contribution in [0.15, 0.2) is 24.3 Å². The van der Waals surface area contributed by atoms with Crippen molar-refractivity contribution in [2.45, 2.75) is 38.2 Å². The van der Waals surface area contributed by atoms with Gasteiger partial charge in [-0.1, -0.05) is 12.1 Å². The molecule has 0 amide bonds. The van der Waals surface area contributed by atoms with Crippen LogP contribution in [0.4, 0.5) is 5.69 Å². The lowest BCUT2D eigenvalue weighted by atomic mass is 10.2. The number of benzene rings is 1. The van der Waals surface area contributed by atoms with Crippen molar-refractivity contribution in [3.05, 3.63) is 39.9 Å². The van der Waals surface area contributed by atoms with Gasteiger partial charge in [-0.25, -0.2) is 13.1 Å². The van der Waals surface area contributed by atoms with Gasteiger partial charge in [0, 0.05) is 18.2 Å². The van der Waals surface area contributed by atoms with E-state index in [2.05, 4.69) is 4.72 Å². The Labute approximate surface area is 117 Å². The zero-order valence-corrected chi connectivity index (χ0v) is 12.1.